The minimum atomic E-state index is -0.395. The van der Waals surface area contributed by atoms with E-state index >= 15 is 0 Å². The second kappa shape index (κ2) is 15.7. The molecule has 1 unspecified atom stereocenters. The zero-order valence-electron chi connectivity index (χ0n) is 23.6. The number of ether oxygens (including phenoxy) is 4. The van der Waals surface area contributed by atoms with Crippen LogP contribution in [0.5, 0.6) is 0 Å². The van der Waals surface area contributed by atoms with Crippen LogP contribution in [0.25, 0.3) is 0 Å². The first kappa shape index (κ1) is 29.9. The van der Waals surface area contributed by atoms with Crippen LogP contribution in [0, 0.1) is 5.41 Å². The molecule has 1 amide bonds. The standard InChI is InChI=1S/C28H50N4O5/c1-5-15-34-21-28(22-35-16-6-2)12-10-23(11-13-28)26-24(19-31(4)14-18-37-27(33)29-3)20-32(30-26)25-9-7-8-17-36-25/h20,23,25H,5-19,21-22H2,1-4H3,(H,29,33). The van der Waals surface area contributed by atoms with Crippen molar-refractivity contribution in [1.29, 1.82) is 0 Å². The number of carbonyl (C=O) groups is 1. The molecule has 212 valence electrons. The topological polar surface area (TPSA) is 87.1 Å². The molecule has 1 N–H and O–H groups in total. The van der Waals surface area contributed by atoms with Crippen molar-refractivity contribution in [3.05, 3.63) is 17.5 Å². The van der Waals surface area contributed by atoms with E-state index in [1.54, 1.807) is 7.05 Å². The average Bonchev–Trinajstić information content (AvgIpc) is 3.33. The molecule has 1 aromatic heterocycles. The number of nitrogens with one attached hydrogen (secondary N) is 1. The Morgan fingerprint density at radius 3 is 2.43 bits per heavy atom. The fraction of sp³-hybridized carbons (Fsp3) is 0.857. The molecule has 2 heterocycles. The Hall–Kier alpha value is -1.68. The van der Waals surface area contributed by atoms with Gasteiger partial charge < -0.3 is 24.3 Å². The van der Waals surface area contributed by atoms with Crippen molar-refractivity contribution < 1.29 is 23.7 Å². The molecule has 0 aromatic carbocycles. The van der Waals surface area contributed by atoms with E-state index in [0.29, 0.717) is 19.1 Å². The Kier molecular flexibility index (Phi) is 12.6. The maximum absolute atomic E-state index is 11.4. The van der Waals surface area contributed by atoms with Crippen molar-refractivity contribution in [1.82, 2.24) is 20.0 Å². The molecule has 2 aliphatic rings. The van der Waals surface area contributed by atoms with Crippen LogP contribution in [0.2, 0.25) is 0 Å². The molecule has 1 saturated carbocycles. The summed E-state index contributed by atoms with van der Waals surface area (Å²) in [6.07, 6.45) is 11.6. The largest absolute Gasteiger partial charge is 0.448 e. The maximum atomic E-state index is 11.4. The summed E-state index contributed by atoms with van der Waals surface area (Å²) in [6, 6.07) is 0. The molecular weight excluding hydrogens is 472 g/mol. The highest BCUT2D eigenvalue weighted by molar-refractivity contribution is 5.66. The van der Waals surface area contributed by atoms with Crippen molar-refractivity contribution in [3.8, 4) is 0 Å². The molecule has 0 bridgehead atoms. The van der Waals surface area contributed by atoms with Gasteiger partial charge in [-0.25, -0.2) is 9.48 Å². The smallest absolute Gasteiger partial charge is 0.406 e. The Balaban J connectivity index is 1.69. The summed E-state index contributed by atoms with van der Waals surface area (Å²) in [5, 5.41) is 7.63. The summed E-state index contributed by atoms with van der Waals surface area (Å²) in [5.41, 5.74) is 2.55. The molecule has 1 saturated heterocycles. The van der Waals surface area contributed by atoms with E-state index in [1.807, 2.05) is 0 Å². The van der Waals surface area contributed by atoms with Gasteiger partial charge in [0.1, 0.15) is 12.8 Å². The van der Waals surface area contributed by atoms with Crippen LogP contribution >= 0.6 is 0 Å². The number of carbonyl (C=O) groups excluding carboxylic acids is 1. The molecular formula is C28H50N4O5. The summed E-state index contributed by atoms with van der Waals surface area (Å²) in [6.45, 7) is 10.1. The molecule has 37 heavy (non-hydrogen) atoms. The van der Waals surface area contributed by atoms with Crippen LogP contribution in [0.3, 0.4) is 0 Å². The number of hydrogen-bond donors (Lipinski definition) is 1. The third kappa shape index (κ3) is 9.23. The second-order valence-electron chi connectivity index (χ2n) is 10.8. The van der Waals surface area contributed by atoms with E-state index in [0.717, 1.165) is 90.9 Å². The average molecular weight is 523 g/mol. The highest BCUT2D eigenvalue weighted by Gasteiger charge is 2.38. The van der Waals surface area contributed by atoms with E-state index in [4.69, 9.17) is 24.0 Å². The number of amides is 1. The highest BCUT2D eigenvalue weighted by atomic mass is 16.5. The number of alkyl carbamates (subject to hydrolysis) is 1. The SMILES string of the molecule is CCCOCC1(COCCC)CCC(c2nn(C3CCCCO3)cc2CN(C)CCOC(=O)NC)CC1. The first-order valence-electron chi connectivity index (χ1n) is 14.4. The molecule has 0 spiro atoms. The summed E-state index contributed by atoms with van der Waals surface area (Å²) in [4.78, 5) is 13.6. The fourth-order valence-electron chi connectivity index (χ4n) is 5.43. The zero-order valence-corrected chi connectivity index (χ0v) is 23.6. The van der Waals surface area contributed by atoms with Gasteiger partial charge in [-0.05, 0) is 64.8 Å². The quantitative estimate of drug-likeness (QED) is 0.329. The van der Waals surface area contributed by atoms with Crippen molar-refractivity contribution in [2.24, 2.45) is 5.41 Å². The zero-order chi connectivity index (χ0) is 26.5. The first-order chi connectivity index (χ1) is 18.0. The molecule has 1 aromatic rings. The van der Waals surface area contributed by atoms with Gasteiger partial charge >= 0.3 is 6.09 Å². The summed E-state index contributed by atoms with van der Waals surface area (Å²) in [7, 11) is 3.64. The van der Waals surface area contributed by atoms with Gasteiger partial charge in [0.15, 0.2) is 0 Å². The molecule has 0 radical (unpaired) electrons. The lowest BCUT2D eigenvalue weighted by molar-refractivity contribution is -0.0456. The predicted molar refractivity (Wildman–Crippen MR) is 144 cm³/mol. The normalized spacial score (nSPS) is 20.3. The number of aromatic nitrogens is 2. The maximum Gasteiger partial charge on any atom is 0.406 e. The van der Waals surface area contributed by atoms with E-state index in [-0.39, 0.29) is 11.6 Å². The Labute approximate surface area is 223 Å². The number of nitrogens with zero attached hydrogens (tertiary/aromatic N) is 3. The Bertz CT molecular complexity index is 776. The molecule has 1 aliphatic carbocycles. The minimum absolute atomic E-state index is 0.0238. The van der Waals surface area contributed by atoms with Gasteiger partial charge in [-0.3, -0.25) is 4.90 Å². The number of likely N-dealkylation sites (N-methyl/N-ethyl adjacent to an activating group) is 1. The van der Waals surface area contributed by atoms with Gasteiger partial charge in [0.25, 0.3) is 0 Å². The molecule has 9 nitrogen and oxygen atoms in total. The lowest BCUT2D eigenvalue weighted by Gasteiger charge is -2.39. The van der Waals surface area contributed by atoms with Crippen LogP contribution < -0.4 is 5.32 Å². The molecule has 2 fully saturated rings. The lowest BCUT2D eigenvalue weighted by Crippen LogP contribution is -2.37. The van der Waals surface area contributed by atoms with Crippen molar-refractivity contribution >= 4 is 6.09 Å². The fourth-order valence-corrected chi connectivity index (χ4v) is 5.43. The molecule has 3 rings (SSSR count). The van der Waals surface area contributed by atoms with Gasteiger partial charge in [0.05, 0.1) is 18.9 Å². The van der Waals surface area contributed by atoms with E-state index in [9.17, 15) is 4.79 Å². The predicted octanol–water partition coefficient (Wildman–Crippen LogP) is 4.87. The van der Waals surface area contributed by atoms with Gasteiger partial charge in [0, 0.05) is 63.1 Å². The third-order valence-corrected chi connectivity index (χ3v) is 7.59. The van der Waals surface area contributed by atoms with Crippen LogP contribution in [0.15, 0.2) is 6.20 Å². The highest BCUT2D eigenvalue weighted by Crippen LogP contribution is 2.44. The Morgan fingerprint density at radius 1 is 1.14 bits per heavy atom. The minimum Gasteiger partial charge on any atom is -0.448 e. The van der Waals surface area contributed by atoms with Crippen molar-refractivity contribution in [2.45, 2.75) is 90.3 Å². The van der Waals surface area contributed by atoms with Gasteiger partial charge in [-0.15, -0.1) is 0 Å². The summed E-state index contributed by atoms with van der Waals surface area (Å²) in [5.74, 6) is 0.417. The number of rotatable bonds is 15. The van der Waals surface area contributed by atoms with Crippen LogP contribution in [-0.2, 0) is 25.5 Å². The van der Waals surface area contributed by atoms with Gasteiger partial charge in [-0.1, -0.05) is 13.8 Å². The molecule has 9 heteroatoms. The Morgan fingerprint density at radius 2 is 1.84 bits per heavy atom. The van der Waals surface area contributed by atoms with Crippen LogP contribution in [-0.4, -0.2) is 81.1 Å². The van der Waals surface area contributed by atoms with Gasteiger partial charge in [0.2, 0.25) is 0 Å². The van der Waals surface area contributed by atoms with Gasteiger partial charge in [-0.2, -0.15) is 5.10 Å². The van der Waals surface area contributed by atoms with Crippen LogP contribution in [0.1, 0.15) is 95.0 Å². The summed E-state index contributed by atoms with van der Waals surface area (Å²) >= 11 is 0. The van der Waals surface area contributed by atoms with E-state index < -0.39 is 6.09 Å². The van der Waals surface area contributed by atoms with Crippen molar-refractivity contribution in [3.63, 3.8) is 0 Å². The van der Waals surface area contributed by atoms with E-state index in [1.165, 1.54) is 17.7 Å². The lowest BCUT2D eigenvalue weighted by atomic mass is 9.70. The summed E-state index contributed by atoms with van der Waals surface area (Å²) < 4.78 is 25.4. The second-order valence-corrected chi connectivity index (χ2v) is 10.8. The van der Waals surface area contributed by atoms with Crippen LogP contribution in [0.4, 0.5) is 4.79 Å². The first-order valence-corrected chi connectivity index (χ1v) is 14.4. The van der Waals surface area contributed by atoms with Crippen molar-refractivity contribution in [2.75, 3.05) is 60.3 Å². The van der Waals surface area contributed by atoms with E-state index in [2.05, 4.69) is 42.0 Å². The monoisotopic (exact) mass is 522 g/mol. The number of hydrogen-bond acceptors (Lipinski definition) is 7. The molecule has 1 atom stereocenters. The molecule has 1 aliphatic heterocycles. The third-order valence-electron chi connectivity index (χ3n) is 7.59.